The van der Waals surface area contributed by atoms with Crippen molar-refractivity contribution in [3.8, 4) is 33.9 Å². The summed E-state index contributed by atoms with van der Waals surface area (Å²) in [5.74, 6) is 1.52. The Kier molecular flexibility index (Phi) is 14.5. The van der Waals surface area contributed by atoms with Gasteiger partial charge in [-0.25, -0.2) is 8.76 Å². The highest BCUT2D eigenvalue weighted by molar-refractivity contribution is 7.87. The summed E-state index contributed by atoms with van der Waals surface area (Å²) in [5, 5.41) is 5.88. The second-order valence-electron chi connectivity index (χ2n) is 15.2. The molecule has 65 heavy (non-hydrogen) atoms. The van der Waals surface area contributed by atoms with Gasteiger partial charge in [-0.15, -0.1) is 0 Å². The lowest BCUT2D eigenvalue weighted by Crippen LogP contribution is -2.33. The molecule has 0 unspecified atom stereocenters. The van der Waals surface area contributed by atoms with Crippen molar-refractivity contribution in [1.82, 2.24) is 9.89 Å². The van der Waals surface area contributed by atoms with Crippen molar-refractivity contribution in [2.45, 2.75) is 56.9 Å². The minimum absolute atomic E-state index is 0.121. The van der Waals surface area contributed by atoms with Crippen molar-refractivity contribution in [2.24, 2.45) is 0 Å². The van der Waals surface area contributed by atoms with Crippen LogP contribution in [0.2, 0.25) is 10.0 Å². The summed E-state index contributed by atoms with van der Waals surface area (Å²) in [7, 11) is -8.37. The van der Waals surface area contributed by atoms with Crippen molar-refractivity contribution in [2.75, 3.05) is 44.2 Å². The molecule has 1 spiro atoms. The Hall–Kier alpha value is -5.25. The van der Waals surface area contributed by atoms with Crippen molar-refractivity contribution in [3.05, 3.63) is 153 Å². The molecule has 3 aliphatic heterocycles. The first kappa shape index (κ1) is 47.7. The molecule has 2 N–H and O–H groups in total. The molecule has 11 nitrogen and oxygen atoms in total. The van der Waals surface area contributed by atoms with Crippen LogP contribution in [0.4, 0.5) is 5.69 Å². The molecule has 0 bridgehead atoms. The van der Waals surface area contributed by atoms with Crippen molar-refractivity contribution < 1.29 is 34.7 Å². The minimum Gasteiger partial charge on any atom is -0.456 e. The largest absolute Gasteiger partial charge is 0.456 e. The lowest BCUT2D eigenvalue weighted by molar-refractivity contribution is 0.164. The number of ether oxygens (including phenoxy) is 1. The monoisotopic (exact) mass is 956 g/mol. The molecule has 0 atom stereocenters. The van der Waals surface area contributed by atoms with Gasteiger partial charge in [-0.05, 0) is 95.4 Å². The molecule has 1 aliphatic carbocycles. The van der Waals surface area contributed by atoms with Gasteiger partial charge in [-0.1, -0.05) is 85.6 Å². The molecular weight excluding hydrogens is 906 g/mol. The van der Waals surface area contributed by atoms with Crippen LogP contribution >= 0.6 is 23.2 Å². The van der Waals surface area contributed by atoms with Gasteiger partial charge in [0.1, 0.15) is 45.7 Å². The number of nitrogens with zero attached hydrogens (tertiary/aromatic N) is 2. The van der Waals surface area contributed by atoms with E-state index in [2.05, 4.69) is 56.3 Å². The molecule has 0 saturated carbocycles. The molecule has 5 aromatic rings. The van der Waals surface area contributed by atoms with Gasteiger partial charge in [0.25, 0.3) is 20.2 Å². The van der Waals surface area contributed by atoms with E-state index >= 15 is 0 Å². The second kappa shape index (κ2) is 19.7. The normalized spacial score (nSPS) is 14.0. The van der Waals surface area contributed by atoms with Gasteiger partial charge >= 0.3 is 0 Å². The standard InChI is InChI=1S/C27H30N2O4S.C19H10Cl2O4S.C4H11N/c1-5-28(6-2)19-13-15-21-24(17-19)33-25-18-20(29(7-3)8-4)14-16-22(25)27(21)23-11-9-10-12-26(23)34(30,31)32;20-11-5-7-13-16(9-11)24-17-10-12(21)6-8-14(17)19(13)15-3-1-2-4-18(15)26(22,23)25-19;1-3-5-4-2/h9-18H,5-8H2,1-4H3;1-10H;5H,3-4H2,1-2H3/p+1. The number of benzene rings is 6. The van der Waals surface area contributed by atoms with Crippen molar-refractivity contribution in [3.63, 3.8) is 0 Å². The maximum atomic E-state index is 12.8. The summed E-state index contributed by atoms with van der Waals surface area (Å²) in [4.78, 5) is 2.25. The van der Waals surface area contributed by atoms with Gasteiger partial charge in [0, 0.05) is 79.7 Å². The van der Waals surface area contributed by atoms with Gasteiger partial charge in [-0.2, -0.15) is 16.8 Å². The zero-order valence-electron chi connectivity index (χ0n) is 37.1. The first-order chi connectivity index (χ1) is 31.1. The van der Waals surface area contributed by atoms with Gasteiger partial charge in [-0.3, -0.25) is 4.55 Å². The Morgan fingerprint density at radius 3 is 1.91 bits per heavy atom. The van der Waals surface area contributed by atoms with Crippen molar-refractivity contribution >= 4 is 60.1 Å². The lowest BCUT2D eigenvalue weighted by atomic mass is 9.78. The molecule has 3 heterocycles. The zero-order valence-corrected chi connectivity index (χ0v) is 40.2. The van der Waals surface area contributed by atoms with Gasteiger partial charge < -0.3 is 19.4 Å². The predicted molar refractivity (Wildman–Crippen MR) is 260 cm³/mol. The number of hydrogen-bond acceptors (Lipinski definition) is 9. The summed E-state index contributed by atoms with van der Waals surface area (Å²) < 4.78 is 80.4. The molecule has 0 aromatic heterocycles. The van der Waals surface area contributed by atoms with Crippen LogP contribution in [-0.2, 0) is 30.0 Å². The van der Waals surface area contributed by atoms with Gasteiger partial charge in [0.15, 0.2) is 5.60 Å². The van der Waals surface area contributed by atoms with E-state index in [0.717, 1.165) is 66.8 Å². The van der Waals surface area contributed by atoms with Crippen molar-refractivity contribution in [1.29, 1.82) is 0 Å². The number of halogens is 2. The highest BCUT2D eigenvalue weighted by atomic mass is 35.5. The lowest BCUT2D eigenvalue weighted by Gasteiger charge is -2.36. The van der Waals surface area contributed by atoms with E-state index in [4.69, 9.17) is 36.5 Å². The molecule has 0 amide bonds. The highest BCUT2D eigenvalue weighted by Gasteiger charge is 2.55. The van der Waals surface area contributed by atoms with E-state index in [-0.39, 0.29) is 9.79 Å². The quantitative estimate of drug-likeness (QED) is 0.0622. The Bertz CT molecular complexity index is 3090. The van der Waals surface area contributed by atoms with Crippen LogP contribution < -0.4 is 24.9 Å². The number of nitrogens with one attached hydrogen (secondary N) is 1. The Balaban J connectivity index is 0.000000180. The van der Waals surface area contributed by atoms with E-state index in [1.54, 1.807) is 78.9 Å². The third kappa shape index (κ3) is 9.29. The van der Waals surface area contributed by atoms with E-state index in [1.165, 1.54) is 6.07 Å². The molecule has 15 heteroatoms. The zero-order chi connectivity index (χ0) is 46.7. The molecular formula is C50H52Cl2N3O8S2+. The van der Waals surface area contributed by atoms with Crippen LogP contribution in [0, 0.1) is 0 Å². The molecule has 0 fully saturated rings. The third-order valence-electron chi connectivity index (χ3n) is 11.5. The fourth-order valence-corrected chi connectivity index (χ4v) is 10.9. The van der Waals surface area contributed by atoms with Gasteiger partial charge in [0.05, 0.1) is 6.07 Å². The number of rotatable bonds is 9. The second-order valence-corrected chi connectivity index (χ2v) is 19.0. The summed E-state index contributed by atoms with van der Waals surface area (Å²) in [5.41, 5.74) is 4.00. The molecule has 0 saturated heterocycles. The molecule has 340 valence electrons. The Labute approximate surface area is 391 Å². The van der Waals surface area contributed by atoms with Crippen LogP contribution in [0.1, 0.15) is 58.2 Å². The molecule has 0 radical (unpaired) electrons. The maximum Gasteiger partial charge on any atom is 0.298 e. The van der Waals surface area contributed by atoms with Crippen LogP contribution in [0.5, 0.6) is 11.5 Å². The van der Waals surface area contributed by atoms with Gasteiger partial charge in [0.2, 0.25) is 5.36 Å². The Morgan fingerprint density at radius 1 is 0.708 bits per heavy atom. The number of fused-ring (bicyclic) bond motifs is 8. The van der Waals surface area contributed by atoms with E-state index < -0.39 is 25.8 Å². The summed E-state index contributed by atoms with van der Waals surface area (Å²) in [6.45, 7) is 18.3. The topological polar surface area (TPSA) is 138 Å². The minimum atomic E-state index is -4.43. The third-order valence-corrected chi connectivity index (χ3v) is 14.3. The first-order valence-corrected chi connectivity index (χ1v) is 25.2. The fraction of sp³-hybridized carbons (Fsp3) is 0.260. The summed E-state index contributed by atoms with van der Waals surface area (Å²) in [6.07, 6.45) is 0. The maximum absolute atomic E-state index is 12.8. The van der Waals surface area contributed by atoms with Crippen LogP contribution in [0.25, 0.3) is 33.4 Å². The van der Waals surface area contributed by atoms with E-state index in [9.17, 15) is 21.4 Å². The average molecular weight is 958 g/mol. The van der Waals surface area contributed by atoms with E-state index in [0.29, 0.717) is 55.1 Å². The first-order valence-electron chi connectivity index (χ1n) is 21.6. The van der Waals surface area contributed by atoms with E-state index in [1.807, 2.05) is 36.4 Å². The van der Waals surface area contributed by atoms with Crippen LogP contribution in [0.15, 0.2) is 136 Å². The Morgan fingerprint density at radius 2 is 1.32 bits per heavy atom. The van der Waals surface area contributed by atoms with Crippen LogP contribution in [0.3, 0.4) is 0 Å². The summed E-state index contributed by atoms with van der Waals surface area (Å²) in [6, 6.07) is 35.4. The highest BCUT2D eigenvalue weighted by Crippen LogP contribution is 2.58. The predicted octanol–water partition coefficient (Wildman–Crippen LogP) is 10.8. The SMILES string of the molecule is CCN(CC)c1ccc2c(-c3ccccc3S(=O)(=O)O)c3ccc(=[N+](CC)CC)cc-3oc2c1.CCNCC.O=S1(=O)OC2(c3ccc(Cl)cc3Oc3cc(Cl)ccc32)c2ccccc21. The molecule has 5 aromatic carbocycles. The summed E-state index contributed by atoms with van der Waals surface area (Å²) >= 11 is 12.2. The molecule has 9 rings (SSSR count). The average Bonchev–Trinajstić information content (AvgIpc) is 3.53. The number of hydrogen-bond donors (Lipinski definition) is 2. The van der Waals surface area contributed by atoms with Crippen LogP contribution in [-0.4, -0.2) is 60.7 Å². The fourth-order valence-electron chi connectivity index (χ4n) is 8.49. The molecule has 4 aliphatic rings. The number of anilines is 1. The smallest absolute Gasteiger partial charge is 0.298 e.